The molecule has 0 heterocycles. The number of nitrogens with one attached hydrogen (secondary N) is 4. The van der Waals surface area contributed by atoms with Crippen molar-refractivity contribution < 1.29 is 29.4 Å². The predicted octanol–water partition coefficient (Wildman–Crippen LogP) is 13.2. The van der Waals surface area contributed by atoms with Crippen LogP contribution in [0.25, 0.3) is 21.5 Å². The Morgan fingerprint density at radius 2 is 0.647 bits per heavy atom. The SMILES string of the molecule is O=C(Nc1ccccc1)c1ccc2c(N=Nc3ccc(N=Nc4c(O)c(C(=O)Nc5ccccc5)cc5cc(C(=O)Nc6ccccc6)ccc45)cc3)c(O)c(C(=O)Nc3ccccc3)cc2c1. The molecule has 0 atom stereocenters. The summed E-state index contributed by atoms with van der Waals surface area (Å²) in [6.07, 6.45) is 0. The highest BCUT2D eigenvalue weighted by molar-refractivity contribution is 6.15. The van der Waals surface area contributed by atoms with E-state index in [4.69, 9.17) is 0 Å². The molecule has 0 fully saturated rings. The van der Waals surface area contributed by atoms with Crippen LogP contribution in [-0.4, -0.2) is 33.8 Å². The molecule has 0 spiro atoms. The van der Waals surface area contributed by atoms with Crippen LogP contribution in [0.4, 0.5) is 45.5 Å². The minimum absolute atomic E-state index is 0.00117. The zero-order valence-electron chi connectivity index (χ0n) is 35.8. The van der Waals surface area contributed by atoms with E-state index in [9.17, 15) is 29.4 Å². The standard InChI is InChI=1S/C54H38N8O6/c63-49-45(53(67)57-39-17-9-3-10-18-39)31-35-29-33(51(65)55-37-13-5-1-6-14-37)21-27-43(35)47(49)61-59-41-23-25-42(26-24-41)60-62-48-44-28-22-34(52(66)56-38-15-7-2-8-16-38)30-36(44)32-46(50(48)64)54(68)58-40-19-11-4-12-20-40/h1-32,63-64H,(H,55,65)(H,56,66)(H,57,67)(H,58,68). The van der Waals surface area contributed by atoms with E-state index in [0.717, 1.165) is 0 Å². The zero-order valence-corrected chi connectivity index (χ0v) is 35.8. The summed E-state index contributed by atoms with van der Waals surface area (Å²) in [5.41, 5.74) is 3.39. The monoisotopic (exact) mass is 894 g/mol. The number of phenolic OH excluding ortho intramolecular Hbond substituents is 2. The van der Waals surface area contributed by atoms with Crippen LogP contribution in [0, 0.1) is 0 Å². The predicted molar refractivity (Wildman–Crippen MR) is 264 cm³/mol. The molecule has 330 valence electrons. The maximum Gasteiger partial charge on any atom is 0.259 e. The second-order valence-corrected chi connectivity index (χ2v) is 15.3. The molecule has 0 aliphatic carbocycles. The lowest BCUT2D eigenvalue weighted by Gasteiger charge is -2.12. The average molecular weight is 895 g/mol. The van der Waals surface area contributed by atoms with E-state index in [1.807, 2.05) is 48.5 Å². The van der Waals surface area contributed by atoms with Gasteiger partial charge < -0.3 is 31.5 Å². The first-order valence-electron chi connectivity index (χ1n) is 21.2. The third-order valence-electron chi connectivity index (χ3n) is 10.7. The fraction of sp³-hybridized carbons (Fsp3) is 0. The Bertz CT molecular complexity index is 3200. The van der Waals surface area contributed by atoms with Gasteiger partial charge >= 0.3 is 0 Å². The van der Waals surface area contributed by atoms with Gasteiger partial charge in [0.05, 0.1) is 22.5 Å². The van der Waals surface area contributed by atoms with Gasteiger partial charge in [0.25, 0.3) is 23.6 Å². The number of anilines is 4. The fourth-order valence-corrected chi connectivity index (χ4v) is 7.28. The number of amides is 4. The largest absolute Gasteiger partial charge is 0.505 e. The summed E-state index contributed by atoms with van der Waals surface area (Å²) in [5.74, 6) is -2.78. The van der Waals surface area contributed by atoms with Crippen LogP contribution < -0.4 is 21.3 Å². The first-order valence-corrected chi connectivity index (χ1v) is 21.2. The summed E-state index contributed by atoms with van der Waals surface area (Å²) in [5, 5.41) is 53.7. The summed E-state index contributed by atoms with van der Waals surface area (Å²) in [7, 11) is 0. The topological polar surface area (TPSA) is 206 Å². The maximum absolute atomic E-state index is 13.6. The Balaban J connectivity index is 1.02. The van der Waals surface area contributed by atoms with Gasteiger partial charge in [0.1, 0.15) is 11.4 Å². The summed E-state index contributed by atoms with van der Waals surface area (Å²) in [6.45, 7) is 0. The van der Waals surface area contributed by atoms with Gasteiger partial charge in [0, 0.05) is 44.6 Å². The Hall–Kier alpha value is -9.82. The number of phenols is 2. The molecule has 14 heteroatoms. The van der Waals surface area contributed by atoms with Crippen molar-refractivity contribution in [2.24, 2.45) is 20.5 Å². The number of hydrogen-bond acceptors (Lipinski definition) is 10. The molecule has 0 radical (unpaired) electrons. The molecule has 0 aromatic heterocycles. The van der Waals surface area contributed by atoms with E-state index in [0.29, 0.717) is 66.8 Å². The highest BCUT2D eigenvalue weighted by Gasteiger charge is 2.22. The molecule has 9 aromatic carbocycles. The number of aromatic hydroxyl groups is 2. The Morgan fingerprint density at radius 3 is 0.971 bits per heavy atom. The van der Waals surface area contributed by atoms with Crippen LogP contribution in [0.3, 0.4) is 0 Å². The van der Waals surface area contributed by atoms with Gasteiger partial charge in [-0.15, -0.1) is 10.2 Å². The van der Waals surface area contributed by atoms with Gasteiger partial charge in [-0.3, -0.25) is 19.2 Å². The molecule has 9 aromatic rings. The molecule has 0 aliphatic heterocycles. The summed E-state index contributed by atoms with van der Waals surface area (Å²) in [6, 6.07) is 54.6. The van der Waals surface area contributed by atoms with Crippen molar-refractivity contribution in [3.63, 3.8) is 0 Å². The maximum atomic E-state index is 13.6. The highest BCUT2D eigenvalue weighted by Crippen LogP contribution is 2.42. The lowest BCUT2D eigenvalue weighted by molar-refractivity contribution is 0.101. The van der Waals surface area contributed by atoms with Crippen molar-refractivity contribution in [2.45, 2.75) is 0 Å². The lowest BCUT2D eigenvalue weighted by Crippen LogP contribution is -2.13. The number of carbonyl (C=O) groups is 4. The van der Waals surface area contributed by atoms with Crippen LogP contribution in [0.2, 0.25) is 0 Å². The fourth-order valence-electron chi connectivity index (χ4n) is 7.28. The average Bonchev–Trinajstić information content (AvgIpc) is 3.36. The molecule has 0 saturated carbocycles. The van der Waals surface area contributed by atoms with Gasteiger partial charge in [-0.2, -0.15) is 10.2 Å². The molecular weight excluding hydrogens is 857 g/mol. The number of rotatable bonds is 12. The number of fused-ring (bicyclic) bond motifs is 2. The summed E-state index contributed by atoms with van der Waals surface area (Å²) < 4.78 is 0. The van der Waals surface area contributed by atoms with Crippen LogP contribution >= 0.6 is 0 Å². The molecule has 0 bridgehead atoms. The van der Waals surface area contributed by atoms with Gasteiger partial charge in [-0.1, -0.05) is 84.9 Å². The van der Waals surface area contributed by atoms with Gasteiger partial charge in [-0.25, -0.2) is 0 Å². The lowest BCUT2D eigenvalue weighted by atomic mass is 10.00. The molecule has 9 rings (SSSR count). The Labute approximate surface area is 388 Å². The Kier molecular flexibility index (Phi) is 12.5. The molecule has 4 amide bonds. The third-order valence-corrected chi connectivity index (χ3v) is 10.7. The number of azo groups is 2. The van der Waals surface area contributed by atoms with E-state index in [1.54, 1.807) is 133 Å². The van der Waals surface area contributed by atoms with E-state index in [1.165, 1.54) is 12.1 Å². The van der Waals surface area contributed by atoms with Crippen LogP contribution in [0.5, 0.6) is 11.5 Å². The number of carbonyl (C=O) groups excluding carboxylic acids is 4. The third kappa shape index (κ3) is 9.79. The van der Waals surface area contributed by atoms with Crippen molar-refractivity contribution in [3.05, 3.63) is 216 Å². The van der Waals surface area contributed by atoms with Crippen molar-refractivity contribution in [3.8, 4) is 11.5 Å². The van der Waals surface area contributed by atoms with E-state index >= 15 is 0 Å². The second-order valence-electron chi connectivity index (χ2n) is 15.3. The van der Waals surface area contributed by atoms with Crippen molar-refractivity contribution in [1.82, 2.24) is 0 Å². The molecule has 6 N–H and O–H groups in total. The molecule has 0 aliphatic rings. The van der Waals surface area contributed by atoms with Crippen LogP contribution in [0.15, 0.2) is 215 Å². The minimum Gasteiger partial charge on any atom is -0.505 e. The molecule has 14 nitrogen and oxygen atoms in total. The molecule has 68 heavy (non-hydrogen) atoms. The normalized spacial score (nSPS) is 11.2. The number of para-hydroxylation sites is 4. The van der Waals surface area contributed by atoms with Crippen molar-refractivity contribution in [1.29, 1.82) is 0 Å². The van der Waals surface area contributed by atoms with Crippen LogP contribution in [-0.2, 0) is 0 Å². The molecule has 0 unspecified atom stereocenters. The number of nitrogens with zero attached hydrogens (tertiary/aromatic N) is 4. The van der Waals surface area contributed by atoms with Gasteiger partial charge in [-0.05, 0) is 120 Å². The summed E-state index contributed by atoms with van der Waals surface area (Å²) in [4.78, 5) is 53.7. The quantitative estimate of drug-likeness (QED) is 0.0657. The number of hydrogen-bond donors (Lipinski definition) is 6. The van der Waals surface area contributed by atoms with Gasteiger partial charge in [0.15, 0.2) is 11.5 Å². The molecular formula is C54H38N8O6. The van der Waals surface area contributed by atoms with Crippen molar-refractivity contribution >= 4 is 90.7 Å². The van der Waals surface area contributed by atoms with Crippen LogP contribution in [0.1, 0.15) is 41.4 Å². The number of benzene rings is 9. The van der Waals surface area contributed by atoms with E-state index in [2.05, 4.69) is 41.7 Å². The first kappa shape index (κ1) is 43.4. The van der Waals surface area contributed by atoms with E-state index in [-0.39, 0.29) is 34.3 Å². The van der Waals surface area contributed by atoms with Gasteiger partial charge in [0.2, 0.25) is 0 Å². The highest BCUT2D eigenvalue weighted by atomic mass is 16.3. The zero-order chi connectivity index (χ0) is 47.0. The Morgan fingerprint density at radius 1 is 0.338 bits per heavy atom. The molecule has 0 saturated heterocycles. The van der Waals surface area contributed by atoms with E-state index < -0.39 is 23.3 Å². The smallest absolute Gasteiger partial charge is 0.259 e. The minimum atomic E-state index is -0.601. The van der Waals surface area contributed by atoms with Crippen molar-refractivity contribution in [2.75, 3.05) is 21.3 Å². The first-order chi connectivity index (χ1) is 33.2. The summed E-state index contributed by atoms with van der Waals surface area (Å²) >= 11 is 0. The second kappa shape index (κ2) is 19.5.